The molecule has 0 bridgehead atoms. The van der Waals surface area contributed by atoms with E-state index in [0.717, 1.165) is 37.9 Å². The van der Waals surface area contributed by atoms with Gasteiger partial charge < -0.3 is 10.5 Å². The third kappa shape index (κ3) is 4.15. The monoisotopic (exact) mass is 261 g/mol. The summed E-state index contributed by atoms with van der Waals surface area (Å²) in [5, 5.41) is 0. The highest BCUT2D eigenvalue weighted by molar-refractivity contribution is 5.85. The fraction of sp³-hybridized carbons (Fsp3) is 0.562. The van der Waals surface area contributed by atoms with E-state index in [9.17, 15) is 4.79 Å². The summed E-state index contributed by atoms with van der Waals surface area (Å²) in [5.74, 6) is 0.109. The van der Waals surface area contributed by atoms with Gasteiger partial charge in [-0.15, -0.1) is 0 Å². The van der Waals surface area contributed by atoms with Crippen molar-refractivity contribution in [1.82, 2.24) is 0 Å². The number of nitrogens with two attached hydrogens (primary N) is 1. The van der Waals surface area contributed by atoms with Gasteiger partial charge in [-0.3, -0.25) is 4.79 Å². The first-order valence-electron chi connectivity index (χ1n) is 7.20. The average Bonchev–Trinajstić information content (AvgIpc) is 2.94. The highest BCUT2D eigenvalue weighted by Gasteiger charge is 2.20. The summed E-state index contributed by atoms with van der Waals surface area (Å²) in [6, 6.07) is 9.83. The molecule has 1 aromatic rings. The maximum absolute atomic E-state index is 12.2. The Morgan fingerprint density at radius 1 is 1.37 bits per heavy atom. The number of rotatable bonds is 7. The zero-order chi connectivity index (χ0) is 13.5. The van der Waals surface area contributed by atoms with Crippen LogP contribution in [0.5, 0.6) is 0 Å². The largest absolute Gasteiger partial charge is 0.378 e. The summed E-state index contributed by atoms with van der Waals surface area (Å²) >= 11 is 0. The van der Waals surface area contributed by atoms with E-state index in [1.165, 1.54) is 0 Å². The van der Waals surface area contributed by atoms with E-state index in [2.05, 4.69) is 0 Å². The van der Waals surface area contributed by atoms with Crippen molar-refractivity contribution in [3.8, 4) is 0 Å². The van der Waals surface area contributed by atoms with Crippen molar-refractivity contribution >= 4 is 5.78 Å². The standard InChI is InChI=1S/C16H23NO2/c17-12-15(13-6-2-1-3-7-13)16(18)10-4-8-14-9-5-11-19-14/h1-3,6-7,14-15H,4-5,8-12,17H2. The third-order valence-corrected chi connectivity index (χ3v) is 3.80. The lowest BCUT2D eigenvalue weighted by Gasteiger charge is -2.15. The fourth-order valence-electron chi connectivity index (χ4n) is 2.69. The second-order valence-corrected chi connectivity index (χ2v) is 5.19. The Bertz CT molecular complexity index is 385. The van der Waals surface area contributed by atoms with E-state index in [4.69, 9.17) is 10.5 Å². The van der Waals surface area contributed by atoms with Gasteiger partial charge in [0, 0.05) is 19.6 Å². The van der Waals surface area contributed by atoms with E-state index in [1.807, 2.05) is 30.3 Å². The summed E-state index contributed by atoms with van der Waals surface area (Å²) in [4.78, 5) is 12.2. The average molecular weight is 261 g/mol. The number of carbonyl (C=O) groups is 1. The van der Waals surface area contributed by atoms with E-state index >= 15 is 0 Å². The van der Waals surface area contributed by atoms with Gasteiger partial charge in [0.25, 0.3) is 0 Å². The maximum Gasteiger partial charge on any atom is 0.141 e. The first-order chi connectivity index (χ1) is 9.31. The van der Waals surface area contributed by atoms with Crippen LogP contribution in [0.25, 0.3) is 0 Å². The highest BCUT2D eigenvalue weighted by atomic mass is 16.5. The van der Waals surface area contributed by atoms with Crippen LogP contribution in [0.3, 0.4) is 0 Å². The lowest BCUT2D eigenvalue weighted by atomic mass is 9.91. The molecule has 2 rings (SSSR count). The summed E-state index contributed by atoms with van der Waals surface area (Å²) in [6.45, 7) is 1.27. The molecule has 0 spiro atoms. The van der Waals surface area contributed by atoms with E-state index in [0.29, 0.717) is 19.1 Å². The number of benzene rings is 1. The molecule has 0 aromatic heterocycles. The van der Waals surface area contributed by atoms with Crippen LogP contribution >= 0.6 is 0 Å². The Hall–Kier alpha value is -1.19. The zero-order valence-electron chi connectivity index (χ0n) is 11.4. The minimum Gasteiger partial charge on any atom is -0.378 e. The van der Waals surface area contributed by atoms with Crippen LogP contribution in [0.2, 0.25) is 0 Å². The quantitative estimate of drug-likeness (QED) is 0.821. The van der Waals surface area contributed by atoms with Crippen LogP contribution in [-0.2, 0) is 9.53 Å². The molecule has 1 aliphatic rings. The van der Waals surface area contributed by atoms with Gasteiger partial charge in [-0.2, -0.15) is 0 Å². The van der Waals surface area contributed by atoms with Crippen LogP contribution in [0, 0.1) is 0 Å². The summed E-state index contributed by atoms with van der Waals surface area (Å²) in [7, 11) is 0. The summed E-state index contributed by atoms with van der Waals surface area (Å²) in [5.41, 5.74) is 6.79. The van der Waals surface area contributed by atoms with Crippen LogP contribution in [0.4, 0.5) is 0 Å². The van der Waals surface area contributed by atoms with Gasteiger partial charge in [-0.05, 0) is 31.2 Å². The van der Waals surface area contributed by atoms with E-state index in [-0.39, 0.29) is 11.7 Å². The predicted octanol–water partition coefficient (Wildman–Crippen LogP) is 2.65. The van der Waals surface area contributed by atoms with Crippen molar-refractivity contribution in [1.29, 1.82) is 0 Å². The Labute approximate surface area is 115 Å². The molecule has 1 saturated heterocycles. The number of Topliss-reactive ketones (excluding diaryl/α,β-unsaturated/α-hetero) is 1. The Kier molecular flexibility index (Phi) is 5.55. The van der Waals surface area contributed by atoms with Crippen molar-refractivity contribution in [3.05, 3.63) is 35.9 Å². The zero-order valence-corrected chi connectivity index (χ0v) is 11.4. The van der Waals surface area contributed by atoms with Crippen molar-refractivity contribution in [2.45, 2.75) is 44.1 Å². The number of ketones is 1. The molecule has 104 valence electrons. The molecule has 2 unspecified atom stereocenters. The Morgan fingerprint density at radius 2 is 2.16 bits per heavy atom. The molecule has 0 aliphatic carbocycles. The van der Waals surface area contributed by atoms with Gasteiger partial charge >= 0.3 is 0 Å². The van der Waals surface area contributed by atoms with Crippen LogP contribution in [0.1, 0.15) is 43.6 Å². The van der Waals surface area contributed by atoms with Gasteiger partial charge in [0.1, 0.15) is 5.78 Å². The topological polar surface area (TPSA) is 52.3 Å². The van der Waals surface area contributed by atoms with Gasteiger partial charge in [0.05, 0.1) is 12.0 Å². The maximum atomic E-state index is 12.2. The van der Waals surface area contributed by atoms with Crippen molar-refractivity contribution in [2.75, 3.05) is 13.2 Å². The molecule has 2 N–H and O–H groups in total. The molecular formula is C16H23NO2. The third-order valence-electron chi connectivity index (χ3n) is 3.80. The smallest absolute Gasteiger partial charge is 0.141 e. The van der Waals surface area contributed by atoms with E-state index in [1.54, 1.807) is 0 Å². The number of hydrogen-bond acceptors (Lipinski definition) is 3. The van der Waals surface area contributed by atoms with Crippen LogP contribution < -0.4 is 5.73 Å². The molecule has 1 aliphatic heterocycles. The van der Waals surface area contributed by atoms with E-state index < -0.39 is 0 Å². The first-order valence-corrected chi connectivity index (χ1v) is 7.20. The molecule has 3 heteroatoms. The minimum absolute atomic E-state index is 0.148. The molecule has 3 nitrogen and oxygen atoms in total. The van der Waals surface area contributed by atoms with Crippen molar-refractivity contribution < 1.29 is 9.53 Å². The summed E-state index contributed by atoms with van der Waals surface area (Å²) in [6.07, 6.45) is 5.20. The van der Waals surface area contributed by atoms with Crippen molar-refractivity contribution in [2.24, 2.45) is 5.73 Å². The molecule has 0 amide bonds. The van der Waals surface area contributed by atoms with Gasteiger partial charge in [-0.25, -0.2) is 0 Å². The molecule has 2 atom stereocenters. The second kappa shape index (κ2) is 7.41. The van der Waals surface area contributed by atoms with Crippen molar-refractivity contribution in [3.63, 3.8) is 0 Å². The molecule has 1 aromatic carbocycles. The fourth-order valence-corrected chi connectivity index (χ4v) is 2.69. The Balaban J connectivity index is 1.80. The van der Waals surface area contributed by atoms with Gasteiger partial charge in [0.2, 0.25) is 0 Å². The lowest BCUT2D eigenvalue weighted by Crippen LogP contribution is -2.21. The number of hydrogen-bond donors (Lipinski definition) is 1. The number of carbonyl (C=O) groups excluding carboxylic acids is 1. The highest BCUT2D eigenvalue weighted by Crippen LogP contribution is 2.21. The van der Waals surface area contributed by atoms with Gasteiger partial charge in [-0.1, -0.05) is 30.3 Å². The lowest BCUT2D eigenvalue weighted by molar-refractivity contribution is -0.120. The second-order valence-electron chi connectivity index (χ2n) is 5.19. The molecule has 1 fully saturated rings. The molecule has 1 heterocycles. The summed E-state index contributed by atoms with van der Waals surface area (Å²) < 4.78 is 5.57. The van der Waals surface area contributed by atoms with Crippen LogP contribution in [0.15, 0.2) is 30.3 Å². The number of ether oxygens (including phenoxy) is 1. The molecule has 19 heavy (non-hydrogen) atoms. The predicted molar refractivity (Wildman–Crippen MR) is 76.1 cm³/mol. The first kappa shape index (κ1) is 14.2. The molecule has 0 radical (unpaired) electrons. The SMILES string of the molecule is NCC(C(=O)CCCC1CCCO1)c1ccccc1. The van der Waals surface area contributed by atoms with Crippen LogP contribution in [-0.4, -0.2) is 25.0 Å². The molecule has 0 saturated carbocycles. The normalized spacial score (nSPS) is 20.4. The van der Waals surface area contributed by atoms with Gasteiger partial charge in [0.15, 0.2) is 0 Å². The molecular weight excluding hydrogens is 238 g/mol. The minimum atomic E-state index is -0.148. The Morgan fingerprint density at radius 3 is 2.79 bits per heavy atom.